The second kappa shape index (κ2) is 6.40. The number of rotatable bonds is 5. The molecule has 0 radical (unpaired) electrons. The van der Waals surface area contributed by atoms with Crippen LogP contribution >= 0.6 is 11.6 Å². The predicted octanol–water partition coefficient (Wildman–Crippen LogP) is 2.06. The van der Waals surface area contributed by atoms with Crippen molar-refractivity contribution in [3.8, 4) is 0 Å². The van der Waals surface area contributed by atoms with E-state index in [2.05, 4.69) is 15.1 Å². The molecule has 0 aliphatic carbocycles. The average Bonchev–Trinajstić information content (AvgIpc) is 2.47. The van der Waals surface area contributed by atoms with Gasteiger partial charge < -0.3 is 5.43 Å². The molecule has 0 aliphatic heterocycles. The Kier molecular flexibility index (Phi) is 4.79. The summed E-state index contributed by atoms with van der Waals surface area (Å²) in [6.45, 7) is 1.76. The predicted molar refractivity (Wildman–Crippen MR) is 82.2 cm³/mol. The summed E-state index contributed by atoms with van der Waals surface area (Å²) in [4.78, 5) is 3.84. The van der Waals surface area contributed by atoms with Crippen molar-refractivity contribution in [3.05, 3.63) is 53.2 Å². The van der Waals surface area contributed by atoms with Crippen LogP contribution in [0, 0.1) is 0 Å². The third kappa shape index (κ3) is 3.70. The molecule has 2 rings (SSSR count). The second-order valence-corrected chi connectivity index (χ2v) is 6.52. The van der Waals surface area contributed by atoms with Crippen molar-refractivity contribution < 1.29 is 8.42 Å². The SMILES string of the molecule is CC(NS(=O)(=O)c1cnc(NN)c(Cl)c1)c1ccccc1. The number of pyridine rings is 1. The number of nitrogens with two attached hydrogens (primary N) is 1. The Hall–Kier alpha value is -1.67. The second-order valence-electron chi connectivity index (χ2n) is 4.40. The maximum absolute atomic E-state index is 12.3. The first-order valence-corrected chi connectivity index (χ1v) is 7.99. The lowest BCUT2D eigenvalue weighted by Gasteiger charge is -2.15. The standard InChI is InChI=1S/C13H15ClN4O2S/c1-9(10-5-3-2-4-6-10)18-21(19,20)11-7-12(14)13(17-15)16-8-11/h2-9,18H,15H2,1H3,(H,16,17). The number of hydrazine groups is 1. The number of anilines is 1. The third-order valence-corrected chi connectivity index (χ3v) is 4.69. The zero-order valence-electron chi connectivity index (χ0n) is 11.2. The molecule has 0 bridgehead atoms. The summed E-state index contributed by atoms with van der Waals surface area (Å²) in [5, 5.41) is 0.132. The lowest BCUT2D eigenvalue weighted by Crippen LogP contribution is -2.27. The van der Waals surface area contributed by atoms with Crippen LogP contribution in [0.5, 0.6) is 0 Å². The molecule has 1 aromatic carbocycles. The number of nitrogens with zero attached hydrogens (tertiary/aromatic N) is 1. The van der Waals surface area contributed by atoms with E-state index in [0.29, 0.717) is 0 Å². The molecule has 0 saturated heterocycles. The fourth-order valence-electron chi connectivity index (χ4n) is 1.78. The van der Waals surface area contributed by atoms with Gasteiger partial charge in [-0.05, 0) is 18.6 Å². The van der Waals surface area contributed by atoms with Crippen molar-refractivity contribution in [2.45, 2.75) is 17.9 Å². The van der Waals surface area contributed by atoms with E-state index < -0.39 is 10.0 Å². The van der Waals surface area contributed by atoms with Gasteiger partial charge in [-0.15, -0.1) is 0 Å². The van der Waals surface area contributed by atoms with Crippen LogP contribution in [0.2, 0.25) is 5.02 Å². The van der Waals surface area contributed by atoms with Gasteiger partial charge in [0.05, 0.1) is 5.02 Å². The van der Waals surface area contributed by atoms with Crippen LogP contribution in [-0.4, -0.2) is 13.4 Å². The van der Waals surface area contributed by atoms with Crippen LogP contribution in [0.15, 0.2) is 47.5 Å². The van der Waals surface area contributed by atoms with Gasteiger partial charge >= 0.3 is 0 Å². The molecule has 112 valence electrons. The van der Waals surface area contributed by atoms with Gasteiger partial charge in [-0.25, -0.2) is 24.0 Å². The molecule has 1 atom stereocenters. The van der Waals surface area contributed by atoms with Gasteiger partial charge in [0.2, 0.25) is 10.0 Å². The van der Waals surface area contributed by atoms with E-state index in [-0.39, 0.29) is 21.8 Å². The van der Waals surface area contributed by atoms with Crippen LogP contribution in [0.1, 0.15) is 18.5 Å². The minimum atomic E-state index is -3.72. The number of sulfonamides is 1. The maximum atomic E-state index is 12.3. The maximum Gasteiger partial charge on any atom is 0.242 e. The summed E-state index contributed by atoms with van der Waals surface area (Å²) in [7, 11) is -3.72. The molecular weight excluding hydrogens is 312 g/mol. The van der Waals surface area contributed by atoms with E-state index in [1.165, 1.54) is 12.3 Å². The molecule has 2 aromatic rings. The highest BCUT2D eigenvalue weighted by Gasteiger charge is 2.20. The zero-order valence-corrected chi connectivity index (χ0v) is 12.8. The largest absolute Gasteiger partial charge is 0.307 e. The van der Waals surface area contributed by atoms with Crippen LogP contribution < -0.4 is 16.0 Å². The molecule has 0 saturated carbocycles. The average molecular weight is 327 g/mol. The lowest BCUT2D eigenvalue weighted by atomic mass is 10.1. The molecule has 8 heteroatoms. The Balaban J connectivity index is 2.24. The first-order chi connectivity index (χ1) is 9.94. The monoisotopic (exact) mass is 326 g/mol. The highest BCUT2D eigenvalue weighted by Crippen LogP contribution is 2.23. The molecule has 21 heavy (non-hydrogen) atoms. The smallest absolute Gasteiger partial charge is 0.242 e. The summed E-state index contributed by atoms with van der Waals surface area (Å²) in [6.07, 6.45) is 1.20. The van der Waals surface area contributed by atoms with E-state index in [1.54, 1.807) is 6.92 Å². The summed E-state index contributed by atoms with van der Waals surface area (Å²) < 4.78 is 27.2. The van der Waals surface area contributed by atoms with Gasteiger partial charge in [-0.1, -0.05) is 41.9 Å². The van der Waals surface area contributed by atoms with Gasteiger partial charge in [0.25, 0.3) is 0 Å². The number of aromatic nitrogens is 1. The summed E-state index contributed by atoms with van der Waals surface area (Å²) in [5.41, 5.74) is 3.14. The first kappa shape index (κ1) is 15.7. The third-order valence-electron chi connectivity index (χ3n) is 2.89. The summed E-state index contributed by atoms with van der Waals surface area (Å²) in [6, 6.07) is 10.2. The summed E-state index contributed by atoms with van der Waals surface area (Å²) >= 11 is 5.89. The van der Waals surface area contributed by atoms with Crippen molar-refractivity contribution in [2.75, 3.05) is 5.43 Å². The Bertz CT molecular complexity index is 722. The Morgan fingerprint density at radius 3 is 2.52 bits per heavy atom. The number of halogens is 1. The lowest BCUT2D eigenvalue weighted by molar-refractivity contribution is 0.566. The van der Waals surface area contributed by atoms with Crippen LogP contribution in [0.4, 0.5) is 5.82 Å². The van der Waals surface area contributed by atoms with Crippen LogP contribution in [-0.2, 0) is 10.0 Å². The fraction of sp³-hybridized carbons (Fsp3) is 0.154. The zero-order chi connectivity index (χ0) is 15.5. The number of hydrogen-bond donors (Lipinski definition) is 3. The Morgan fingerprint density at radius 1 is 1.29 bits per heavy atom. The fourth-order valence-corrected chi connectivity index (χ4v) is 3.27. The molecule has 1 unspecified atom stereocenters. The van der Waals surface area contributed by atoms with Gasteiger partial charge in [-0.2, -0.15) is 0 Å². The van der Waals surface area contributed by atoms with Crippen molar-refractivity contribution in [2.24, 2.45) is 5.84 Å². The quantitative estimate of drug-likeness (QED) is 0.577. The molecule has 6 nitrogen and oxygen atoms in total. The molecule has 0 fully saturated rings. The van der Waals surface area contributed by atoms with Gasteiger partial charge in [0, 0.05) is 12.2 Å². The van der Waals surface area contributed by atoms with Crippen molar-refractivity contribution in [3.63, 3.8) is 0 Å². The van der Waals surface area contributed by atoms with Gasteiger partial charge in [0.15, 0.2) is 5.82 Å². The van der Waals surface area contributed by atoms with Gasteiger partial charge in [-0.3, -0.25) is 0 Å². The minimum absolute atomic E-state index is 0.0192. The van der Waals surface area contributed by atoms with E-state index in [0.717, 1.165) is 5.56 Å². The number of nitrogen functional groups attached to an aromatic ring is 1. The normalized spacial score (nSPS) is 12.9. The van der Waals surface area contributed by atoms with Crippen molar-refractivity contribution in [1.82, 2.24) is 9.71 Å². The minimum Gasteiger partial charge on any atom is -0.307 e. The topological polar surface area (TPSA) is 97.1 Å². The number of nitrogens with one attached hydrogen (secondary N) is 2. The van der Waals surface area contributed by atoms with E-state index in [4.69, 9.17) is 17.4 Å². The summed E-state index contributed by atoms with van der Waals surface area (Å²) in [5.74, 6) is 5.42. The number of hydrogen-bond acceptors (Lipinski definition) is 5. The molecule has 4 N–H and O–H groups in total. The Labute approximate surface area is 128 Å². The van der Waals surface area contributed by atoms with Crippen LogP contribution in [0.3, 0.4) is 0 Å². The van der Waals surface area contributed by atoms with Crippen molar-refractivity contribution in [1.29, 1.82) is 0 Å². The van der Waals surface area contributed by atoms with Gasteiger partial charge in [0.1, 0.15) is 4.90 Å². The number of benzene rings is 1. The Morgan fingerprint density at radius 2 is 1.95 bits per heavy atom. The molecule has 0 amide bonds. The van der Waals surface area contributed by atoms with Crippen LogP contribution in [0.25, 0.3) is 0 Å². The van der Waals surface area contributed by atoms with E-state index >= 15 is 0 Å². The van der Waals surface area contributed by atoms with Crippen molar-refractivity contribution >= 4 is 27.4 Å². The molecule has 1 aromatic heterocycles. The molecule has 0 spiro atoms. The molecular formula is C13H15ClN4O2S. The molecule has 0 aliphatic rings. The van der Waals surface area contributed by atoms with E-state index in [1.807, 2.05) is 30.3 Å². The molecule has 1 heterocycles. The van der Waals surface area contributed by atoms with E-state index in [9.17, 15) is 8.42 Å². The highest BCUT2D eigenvalue weighted by atomic mass is 35.5. The first-order valence-electron chi connectivity index (χ1n) is 6.13. The highest BCUT2D eigenvalue weighted by molar-refractivity contribution is 7.89.